The van der Waals surface area contributed by atoms with Crippen LogP contribution in [0.2, 0.25) is 0 Å². The lowest BCUT2D eigenvalue weighted by molar-refractivity contribution is -0.116. The van der Waals surface area contributed by atoms with E-state index in [1.54, 1.807) is 26.1 Å². The number of aryl methyl sites for hydroxylation is 1. The number of anilines is 1. The molecular formula is C17H19FN6O2. The van der Waals surface area contributed by atoms with Crippen molar-refractivity contribution in [2.45, 2.75) is 19.9 Å². The highest BCUT2D eigenvalue weighted by atomic mass is 19.1. The molecule has 0 saturated carbocycles. The molecule has 0 saturated heterocycles. The standard InChI is InChI=1S/C17H19FN6O2/c1-10-12(18)4-3-5-13(10)21-15(25)6-7-19-9-14-22-16-11(17(26)23-14)8-20-24(16)2/h3-5,8,19H,6-7,9H2,1-2H3,(H,21,25)(H,22,23,26). The minimum Gasteiger partial charge on any atom is -0.326 e. The largest absolute Gasteiger partial charge is 0.326 e. The number of nitrogens with zero attached hydrogens (tertiary/aromatic N) is 3. The van der Waals surface area contributed by atoms with Gasteiger partial charge in [0.2, 0.25) is 5.91 Å². The second-order valence-electron chi connectivity index (χ2n) is 5.91. The monoisotopic (exact) mass is 358 g/mol. The molecule has 0 aliphatic heterocycles. The van der Waals surface area contributed by atoms with Crippen LogP contribution in [0.15, 0.2) is 29.2 Å². The van der Waals surface area contributed by atoms with Crippen LogP contribution in [0.1, 0.15) is 17.8 Å². The first-order chi connectivity index (χ1) is 12.5. The molecule has 0 atom stereocenters. The van der Waals surface area contributed by atoms with Crippen LogP contribution in [-0.4, -0.2) is 32.2 Å². The average Bonchev–Trinajstić information content (AvgIpc) is 2.98. The Labute approximate surface area is 148 Å². The molecule has 8 nitrogen and oxygen atoms in total. The Morgan fingerprint density at radius 1 is 1.38 bits per heavy atom. The van der Waals surface area contributed by atoms with Crippen molar-refractivity contribution >= 4 is 22.6 Å². The lowest BCUT2D eigenvalue weighted by Gasteiger charge is -2.09. The fourth-order valence-electron chi connectivity index (χ4n) is 2.53. The molecule has 3 N–H and O–H groups in total. The van der Waals surface area contributed by atoms with Crippen LogP contribution >= 0.6 is 0 Å². The predicted octanol–water partition coefficient (Wildman–Crippen LogP) is 1.22. The molecule has 0 aliphatic carbocycles. The Bertz CT molecular complexity index is 1010. The van der Waals surface area contributed by atoms with Crippen molar-refractivity contribution in [1.82, 2.24) is 25.1 Å². The van der Waals surface area contributed by atoms with Gasteiger partial charge >= 0.3 is 0 Å². The van der Waals surface area contributed by atoms with Gasteiger partial charge in [-0.3, -0.25) is 14.3 Å². The zero-order valence-electron chi connectivity index (χ0n) is 14.5. The van der Waals surface area contributed by atoms with Gasteiger partial charge in [0, 0.05) is 31.3 Å². The molecule has 0 aliphatic rings. The van der Waals surface area contributed by atoms with Crippen LogP contribution in [0.5, 0.6) is 0 Å². The fourth-order valence-corrected chi connectivity index (χ4v) is 2.53. The molecule has 2 aromatic heterocycles. The van der Waals surface area contributed by atoms with Crippen molar-refractivity contribution in [3.8, 4) is 0 Å². The summed E-state index contributed by atoms with van der Waals surface area (Å²) in [6.45, 7) is 2.30. The maximum absolute atomic E-state index is 13.5. The van der Waals surface area contributed by atoms with Gasteiger partial charge in [-0.05, 0) is 19.1 Å². The normalized spacial score (nSPS) is 11.0. The SMILES string of the molecule is Cc1c(F)cccc1NC(=O)CCNCc1nc2c(cnn2C)c(=O)[nH]1. The molecule has 0 fully saturated rings. The highest BCUT2D eigenvalue weighted by Gasteiger charge is 2.09. The first kappa shape index (κ1) is 17.7. The molecule has 0 bridgehead atoms. The number of carbonyl (C=O) groups is 1. The van der Waals surface area contributed by atoms with Gasteiger partial charge in [0.05, 0.1) is 12.7 Å². The van der Waals surface area contributed by atoms with E-state index in [1.165, 1.54) is 16.9 Å². The van der Waals surface area contributed by atoms with Gasteiger partial charge in [-0.15, -0.1) is 0 Å². The average molecular weight is 358 g/mol. The van der Waals surface area contributed by atoms with E-state index in [1.807, 2.05) is 0 Å². The maximum atomic E-state index is 13.5. The second-order valence-corrected chi connectivity index (χ2v) is 5.91. The third kappa shape index (κ3) is 3.77. The number of hydrogen-bond acceptors (Lipinski definition) is 5. The molecule has 3 aromatic rings. The van der Waals surface area contributed by atoms with Crippen LogP contribution < -0.4 is 16.2 Å². The molecule has 2 heterocycles. The van der Waals surface area contributed by atoms with Gasteiger partial charge in [0.15, 0.2) is 5.65 Å². The predicted molar refractivity (Wildman–Crippen MR) is 95.2 cm³/mol. The molecule has 136 valence electrons. The van der Waals surface area contributed by atoms with E-state index < -0.39 is 0 Å². The third-order valence-corrected chi connectivity index (χ3v) is 4.01. The van der Waals surface area contributed by atoms with Gasteiger partial charge in [0.1, 0.15) is 17.0 Å². The molecule has 1 aromatic carbocycles. The number of aromatic amines is 1. The fraction of sp³-hybridized carbons (Fsp3) is 0.294. The van der Waals surface area contributed by atoms with Crippen molar-refractivity contribution < 1.29 is 9.18 Å². The van der Waals surface area contributed by atoms with E-state index in [0.29, 0.717) is 41.2 Å². The minimum absolute atomic E-state index is 0.203. The number of hydrogen-bond donors (Lipinski definition) is 3. The van der Waals surface area contributed by atoms with E-state index in [2.05, 4.69) is 25.7 Å². The molecule has 0 radical (unpaired) electrons. The number of fused-ring (bicyclic) bond motifs is 1. The molecule has 26 heavy (non-hydrogen) atoms. The van der Waals surface area contributed by atoms with E-state index in [0.717, 1.165) is 0 Å². The van der Waals surface area contributed by atoms with Gasteiger partial charge < -0.3 is 15.6 Å². The number of H-pyrrole nitrogens is 1. The number of carbonyl (C=O) groups excluding carboxylic acids is 1. The Balaban J connectivity index is 1.52. The van der Waals surface area contributed by atoms with Crippen molar-refractivity contribution in [2.75, 3.05) is 11.9 Å². The van der Waals surface area contributed by atoms with Crippen molar-refractivity contribution in [1.29, 1.82) is 0 Å². The quantitative estimate of drug-likeness (QED) is 0.575. The summed E-state index contributed by atoms with van der Waals surface area (Å²) in [5.74, 6) is -0.122. The van der Waals surface area contributed by atoms with Gasteiger partial charge in [-0.1, -0.05) is 6.07 Å². The first-order valence-corrected chi connectivity index (χ1v) is 8.12. The van der Waals surface area contributed by atoms with Crippen LogP contribution in [0.4, 0.5) is 10.1 Å². The molecular weight excluding hydrogens is 339 g/mol. The smallest absolute Gasteiger partial charge is 0.262 e. The lowest BCUT2D eigenvalue weighted by Crippen LogP contribution is -2.24. The first-order valence-electron chi connectivity index (χ1n) is 8.12. The third-order valence-electron chi connectivity index (χ3n) is 4.01. The zero-order chi connectivity index (χ0) is 18.7. The number of nitrogens with one attached hydrogen (secondary N) is 3. The summed E-state index contributed by atoms with van der Waals surface area (Å²) in [5, 5.41) is 10.2. The van der Waals surface area contributed by atoms with Crippen LogP contribution in [0.25, 0.3) is 11.0 Å². The zero-order valence-corrected chi connectivity index (χ0v) is 14.5. The Morgan fingerprint density at radius 3 is 3.00 bits per heavy atom. The summed E-state index contributed by atoms with van der Waals surface area (Å²) in [6.07, 6.45) is 1.67. The van der Waals surface area contributed by atoms with Crippen LogP contribution in [0, 0.1) is 12.7 Å². The summed E-state index contributed by atoms with van der Waals surface area (Å²) in [6, 6.07) is 4.55. The van der Waals surface area contributed by atoms with Crippen LogP contribution in [0.3, 0.4) is 0 Å². The number of amides is 1. The molecule has 3 rings (SSSR count). The van der Waals surface area contributed by atoms with E-state index in [-0.39, 0.29) is 23.7 Å². The van der Waals surface area contributed by atoms with E-state index >= 15 is 0 Å². The molecule has 0 unspecified atom stereocenters. The van der Waals surface area contributed by atoms with Gasteiger partial charge in [0.25, 0.3) is 5.56 Å². The number of aromatic nitrogens is 4. The second kappa shape index (κ2) is 7.44. The minimum atomic E-state index is -0.360. The summed E-state index contributed by atoms with van der Waals surface area (Å²) in [5.41, 5.74) is 1.12. The molecule has 9 heteroatoms. The lowest BCUT2D eigenvalue weighted by atomic mass is 10.2. The topological polar surface area (TPSA) is 105 Å². The van der Waals surface area contributed by atoms with Crippen LogP contribution in [-0.2, 0) is 18.4 Å². The highest BCUT2D eigenvalue weighted by molar-refractivity contribution is 5.91. The number of halogens is 1. The highest BCUT2D eigenvalue weighted by Crippen LogP contribution is 2.17. The Kier molecular flexibility index (Phi) is 5.08. The van der Waals surface area contributed by atoms with Gasteiger partial charge in [-0.25, -0.2) is 9.37 Å². The number of rotatable bonds is 6. The molecule has 0 spiro atoms. The summed E-state index contributed by atoms with van der Waals surface area (Å²) in [4.78, 5) is 30.9. The van der Waals surface area contributed by atoms with Crippen molar-refractivity contribution in [3.05, 3.63) is 52.0 Å². The number of benzene rings is 1. The molecule has 1 amide bonds. The van der Waals surface area contributed by atoms with E-state index in [4.69, 9.17) is 0 Å². The van der Waals surface area contributed by atoms with Gasteiger partial charge in [-0.2, -0.15) is 5.10 Å². The summed E-state index contributed by atoms with van der Waals surface area (Å²) >= 11 is 0. The summed E-state index contributed by atoms with van der Waals surface area (Å²) in [7, 11) is 1.71. The van der Waals surface area contributed by atoms with E-state index in [9.17, 15) is 14.0 Å². The Hall–Kier alpha value is -3.07. The van der Waals surface area contributed by atoms with Crippen molar-refractivity contribution in [2.24, 2.45) is 7.05 Å². The van der Waals surface area contributed by atoms with Crippen molar-refractivity contribution in [3.63, 3.8) is 0 Å². The Morgan fingerprint density at radius 2 is 2.19 bits per heavy atom. The maximum Gasteiger partial charge on any atom is 0.262 e. The summed E-state index contributed by atoms with van der Waals surface area (Å²) < 4.78 is 15.0.